The molecule has 0 saturated heterocycles. The molecule has 0 unspecified atom stereocenters. The minimum Gasteiger partial charge on any atom is -0.253 e. The number of benzene rings is 4. The van der Waals surface area contributed by atoms with Gasteiger partial charge in [0.05, 0.1) is 22.8 Å². The van der Waals surface area contributed by atoms with Gasteiger partial charge in [0.2, 0.25) is 0 Å². The molecule has 0 amide bonds. The first-order chi connectivity index (χ1) is 18.4. The fourth-order valence-corrected chi connectivity index (χ4v) is 4.84. The monoisotopic (exact) mass is 576 g/mol. The molecule has 0 aliphatic rings. The highest BCUT2D eigenvalue weighted by Gasteiger charge is 2.16. The molecule has 0 aliphatic heterocycles. The highest BCUT2D eigenvalue weighted by molar-refractivity contribution is 6.31. The van der Waals surface area contributed by atoms with Gasteiger partial charge >= 0.3 is 0 Å². The number of hydrogen-bond donors (Lipinski definition) is 0. The molecule has 2 nitrogen and oxygen atoms in total. The average Bonchev–Trinajstić information content (AvgIpc) is 2.91. The van der Waals surface area contributed by atoms with Gasteiger partial charge in [-0.25, -0.2) is 0 Å². The second-order valence-electron chi connectivity index (χ2n) is 9.22. The van der Waals surface area contributed by atoms with Crippen molar-refractivity contribution in [1.82, 2.24) is 9.97 Å². The molecule has 5 aromatic rings. The molecule has 0 N–H and O–H groups in total. The Morgan fingerprint density at radius 2 is 0.500 bits per heavy atom. The number of hydrogen-bond acceptors (Lipinski definition) is 2. The summed E-state index contributed by atoms with van der Waals surface area (Å²) in [6, 6.07) is 31.6. The van der Waals surface area contributed by atoms with Crippen molar-refractivity contribution in [2.24, 2.45) is 0 Å². The van der Waals surface area contributed by atoms with Gasteiger partial charge in [0.1, 0.15) is 0 Å². The number of nitrogens with zero attached hydrogens (tertiary/aromatic N) is 2. The van der Waals surface area contributed by atoms with Crippen LogP contribution in [0.5, 0.6) is 0 Å². The maximum Gasteiger partial charge on any atom is 0.0669 e. The van der Waals surface area contributed by atoms with Crippen LogP contribution in [-0.4, -0.2) is 9.97 Å². The number of aromatic nitrogens is 2. The Hall–Kier alpha value is -2.88. The maximum absolute atomic E-state index is 6.14. The molecular formula is C32H24Cl4N2. The number of rotatable bonds is 8. The SMILES string of the molecule is Clc1ccc(Cc2nc(Cc3ccc(Cl)cc3)c(Cc3ccc(Cl)cc3)nc2Cc2ccc(Cl)cc2)cc1. The molecule has 1 aromatic heterocycles. The summed E-state index contributed by atoms with van der Waals surface area (Å²) >= 11 is 24.6. The number of halogens is 4. The molecule has 38 heavy (non-hydrogen) atoms. The Bertz CT molecular complexity index is 1280. The van der Waals surface area contributed by atoms with E-state index in [1.165, 1.54) is 0 Å². The van der Waals surface area contributed by atoms with E-state index in [0.717, 1.165) is 45.0 Å². The van der Waals surface area contributed by atoms with Gasteiger partial charge in [-0.3, -0.25) is 9.97 Å². The van der Waals surface area contributed by atoms with Gasteiger partial charge in [0.25, 0.3) is 0 Å². The first-order valence-corrected chi connectivity index (χ1v) is 13.8. The summed E-state index contributed by atoms with van der Waals surface area (Å²) in [7, 11) is 0. The lowest BCUT2D eigenvalue weighted by molar-refractivity contribution is 0.846. The molecule has 0 fully saturated rings. The van der Waals surface area contributed by atoms with Crippen LogP contribution in [0.15, 0.2) is 97.1 Å². The van der Waals surface area contributed by atoms with Crippen molar-refractivity contribution in [2.75, 3.05) is 0 Å². The van der Waals surface area contributed by atoms with E-state index < -0.39 is 0 Å². The van der Waals surface area contributed by atoms with Crippen LogP contribution in [0.4, 0.5) is 0 Å². The van der Waals surface area contributed by atoms with Gasteiger partial charge in [-0.2, -0.15) is 0 Å². The molecule has 0 aliphatic carbocycles. The first kappa shape index (κ1) is 26.7. The van der Waals surface area contributed by atoms with E-state index in [2.05, 4.69) is 0 Å². The largest absolute Gasteiger partial charge is 0.253 e. The molecule has 0 saturated carbocycles. The summed E-state index contributed by atoms with van der Waals surface area (Å²) in [6.07, 6.45) is 2.62. The van der Waals surface area contributed by atoms with E-state index in [4.69, 9.17) is 56.4 Å². The van der Waals surface area contributed by atoms with Crippen molar-refractivity contribution in [3.8, 4) is 0 Å². The molecule has 0 atom stereocenters. The quantitative estimate of drug-likeness (QED) is 0.183. The maximum atomic E-state index is 6.14. The van der Waals surface area contributed by atoms with E-state index in [9.17, 15) is 0 Å². The molecule has 190 valence electrons. The van der Waals surface area contributed by atoms with Crippen LogP contribution < -0.4 is 0 Å². The lowest BCUT2D eigenvalue weighted by Gasteiger charge is -2.16. The molecule has 0 radical (unpaired) electrons. The first-order valence-electron chi connectivity index (χ1n) is 12.3. The molecule has 0 spiro atoms. The van der Waals surface area contributed by atoms with Crippen molar-refractivity contribution >= 4 is 46.4 Å². The summed E-state index contributed by atoms with van der Waals surface area (Å²) in [5.74, 6) is 0. The third kappa shape index (κ3) is 7.15. The highest BCUT2D eigenvalue weighted by atomic mass is 35.5. The van der Waals surface area contributed by atoms with Gasteiger partial charge in [0, 0.05) is 45.8 Å². The standard InChI is InChI=1S/C32H24Cl4N2/c33-25-9-1-21(2-10-25)17-29-30(18-22-3-11-26(34)12-4-22)38-32(20-24-7-15-28(36)16-8-24)31(37-29)19-23-5-13-27(35)14-6-23/h1-16H,17-20H2. The third-order valence-corrected chi connectivity index (χ3v) is 7.35. The van der Waals surface area contributed by atoms with Crippen LogP contribution in [0.2, 0.25) is 20.1 Å². The molecular weight excluding hydrogens is 554 g/mol. The van der Waals surface area contributed by atoms with Crippen LogP contribution in [0.1, 0.15) is 45.0 Å². The normalized spacial score (nSPS) is 11.1. The van der Waals surface area contributed by atoms with Crippen molar-refractivity contribution in [3.63, 3.8) is 0 Å². The average molecular weight is 578 g/mol. The summed E-state index contributed by atoms with van der Waals surface area (Å²) in [6.45, 7) is 0. The second-order valence-corrected chi connectivity index (χ2v) is 11.0. The van der Waals surface area contributed by atoms with Gasteiger partial charge in [-0.1, -0.05) is 94.9 Å². The van der Waals surface area contributed by atoms with Crippen LogP contribution in [0.3, 0.4) is 0 Å². The van der Waals surface area contributed by atoms with E-state index in [-0.39, 0.29) is 0 Å². The Labute approximate surface area is 243 Å². The fourth-order valence-electron chi connectivity index (χ4n) is 4.33. The third-order valence-electron chi connectivity index (χ3n) is 6.35. The Morgan fingerprint density at radius 1 is 0.316 bits per heavy atom. The molecule has 0 bridgehead atoms. The van der Waals surface area contributed by atoms with E-state index in [1.54, 1.807) is 0 Å². The summed E-state index contributed by atoms with van der Waals surface area (Å²) < 4.78 is 0. The molecule has 5 rings (SSSR count). The van der Waals surface area contributed by atoms with Gasteiger partial charge in [-0.05, 0) is 70.8 Å². The topological polar surface area (TPSA) is 25.8 Å². The summed E-state index contributed by atoms with van der Waals surface area (Å²) in [4.78, 5) is 10.5. The van der Waals surface area contributed by atoms with E-state index >= 15 is 0 Å². The smallest absolute Gasteiger partial charge is 0.0669 e. The van der Waals surface area contributed by atoms with Crippen molar-refractivity contribution < 1.29 is 0 Å². The predicted octanol–water partition coefficient (Wildman–Crippen LogP) is 9.45. The van der Waals surface area contributed by atoms with Crippen molar-refractivity contribution in [1.29, 1.82) is 0 Å². The molecule has 1 heterocycles. The van der Waals surface area contributed by atoms with Crippen LogP contribution in [0, 0.1) is 0 Å². The van der Waals surface area contributed by atoms with E-state index in [1.807, 2.05) is 97.1 Å². The van der Waals surface area contributed by atoms with E-state index in [0.29, 0.717) is 45.8 Å². The lowest BCUT2D eigenvalue weighted by atomic mass is 9.99. The summed E-state index contributed by atoms with van der Waals surface area (Å²) in [5, 5.41) is 2.84. The Balaban J connectivity index is 1.59. The van der Waals surface area contributed by atoms with Crippen LogP contribution >= 0.6 is 46.4 Å². The zero-order valence-corrected chi connectivity index (χ0v) is 23.5. The Morgan fingerprint density at radius 3 is 0.684 bits per heavy atom. The minimum atomic E-state index is 0.655. The van der Waals surface area contributed by atoms with Crippen LogP contribution in [0.25, 0.3) is 0 Å². The Kier molecular flexibility index (Phi) is 8.66. The van der Waals surface area contributed by atoms with Crippen LogP contribution in [-0.2, 0) is 25.7 Å². The summed E-state index contributed by atoms with van der Waals surface area (Å²) in [5.41, 5.74) is 8.31. The minimum absolute atomic E-state index is 0.655. The highest BCUT2D eigenvalue weighted by Crippen LogP contribution is 2.24. The fraction of sp³-hybridized carbons (Fsp3) is 0.125. The second kappa shape index (κ2) is 12.3. The van der Waals surface area contributed by atoms with Gasteiger partial charge in [-0.15, -0.1) is 0 Å². The van der Waals surface area contributed by atoms with Gasteiger partial charge in [0.15, 0.2) is 0 Å². The molecule has 6 heteroatoms. The predicted molar refractivity (Wildman–Crippen MR) is 159 cm³/mol. The van der Waals surface area contributed by atoms with Crippen molar-refractivity contribution in [2.45, 2.75) is 25.7 Å². The lowest BCUT2D eigenvalue weighted by Crippen LogP contribution is -2.12. The zero-order chi connectivity index (χ0) is 26.5. The zero-order valence-electron chi connectivity index (χ0n) is 20.5. The van der Waals surface area contributed by atoms with Gasteiger partial charge < -0.3 is 0 Å². The molecule has 4 aromatic carbocycles. The van der Waals surface area contributed by atoms with Crippen molar-refractivity contribution in [3.05, 3.63) is 162 Å².